The van der Waals surface area contributed by atoms with Crippen molar-refractivity contribution in [2.75, 3.05) is 6.54 Å². The molecule has 1 amide bonds. The lowest BCUT2D eigenvalue weighted by molar-refractivity contribution is -0.119. The minimum atomic E-state index is -0.975. The first-order valence-electron chi connectivity index (χ1n) is 4.74. The van der Waals surface area contributed by atoms with Gasteiger partial charge in [0.25, 0.3) is 0 Å². The Hall–Kier alpha value is -1.33. The van der Waals surface area contributed by atoms with Crippen LogP contribution in [-0.4, -0.2) is 28.8 Å². The first-order valence-corrected chi connectivity index (χ1v) is 4.74. The molecule has 0 aliphatic carbocycles. The van der Waals surface area contributed by atoms with E-state index in [1.807, 2.05) is 0 Å². The molecule has 0 aromatic carbocycles. The fourth-order valence-corrected chi connectivity index (χ4v) is 1.22. The van der Waals surface area contributed by atoms with Crippen LogP contribution in [0, 0.1) is 0 Å². The second-order valence-electron chi connectivity index (χ2n) is 3.34. The van der Waals surface area contributed by atoms with Gasteiger partial charge in [0.2, 0.25) is 5.91 Å². The molecule has 84 valence electrons. The molecule has 1 heterocycles. The highest BCUT2D eigenvalue weighted by molar-refractivity contribution is 5.72. The summed E-state index contributed by atoms with van der Waals surface area (Å²) in [5.74, 6) is -0.153. The van der Waals surface area contributed by atoms with Crippen molar-refractivity contribution in [2.45, 2.75) is 25.6 Å². The Morgan fingerprint density at radius 2 is 2.33 bits per heavy atom. The Kier molecular flexibility index (Phi) is 4.33. The van der Waals surface area contributed by atoms with Gasteiger partial charge >= 0.3 is 0 Å². The molecule has 5 nitrogen and oxygen atoms in total. The molecule has 2 unspecified atom stereocenters. The van der Waals surface area contributed by atoms with Gasteiger partial charge in [0.05, 0.1) is 18.6 Å². The highest BCUT2D eigenvalue weighted by Crippen LogP contribution is 2.18. The second-order valence-corrected chi connectivity index (χ2v) is 3.34. The summed E-state index contributed by atoms with van der Waals surface area (Å²) in [6, 6.07) is 1.59. The van der Waals surface area contributed by atoms with Crippen molar-refractivity contribution >= 4 is 5.91 Å². The zero-order chi connectivity index (χ0) is 11.3. The summed E-state index contributed by atoms with van der Waals surface area (Å²) in [5.41, 5.74) is 0.533. The van der Waals surface area contributed by atoms with E-state index < -0.39 is 12.2 Å². The number of carbonyl (C=O) groups is 1. The SMILES string of the molecule is CC(=O)NCCC(O)C(O)c1ccoc1. The first kappa shape index (κ1) is 11.7. The lowest BCUT2D eigenvalue weighted by Gasteiger charge is -2.16. The van der Waals surface area contributed by atoms with E-state index in [2.05, 4.69) is 5.32 Å². The van der Waals surface area contributed by atoms with Gasteiger partial charge in [-0.15, -0.1) is 0 Å². The van der Waals surface area contributed by atoms with Crippen LogP contribution in [0.5, 0.6) is 0 Å². The molecule has 0 aliphatic rings. The minimum Gasteiger partial charge on any atom is -0.472 e. The smallest absolute Gasteiger partial charge is 0.216 e. The highest BCUT2D eigenvalue weighted by Gasteiger charge is 2.18. The standard InChI is InChI=1S/C10H15NO4/c1-7(12)11-4-2-9(13)10(14)8-3-5-15-6-8/h3,5-6,9-10,13-14H,2,4H2,1H3,(H,11,12). The summed E-state index contributed by atoms with van der Waals surface area (Å²) < 4.78 is 4.79. The predicted molar refractivity (Wildman–Crippen MR) is 53.0 cm³/mol. The Morgan fingerprint density at radius 3 is 2.87 bits per heavy atom. The molecule has 1 aromatic heterocycles. The topological polar surface area (TPSA) is 82.7 Å². The number of furan rings is 1. The molecular weight excluding hydrogens is 198 g/mol. The summed E-state index contributed by atoms with van der Waals surface area (Å²) in [6.45, 7) is 1.74. The lowest BCUT2D eigenvalue weighted by atomic mass is 10.1. The van der Waals surface area contributed by atoms with Gasteiger partial charge in [-0.05, 0) is 12.5 Å². The lowest BCUT2D eigenvalue weighted by Crippen LogP contribution is -2.27. The number of aliphatic hydroxyl groups excluding tert-OH is 2. The fourth-order valence-electron chi connectivity index (χ4n) is 1.22. The normalized spacial score (nSPS) is 14.6. The van der Waals surface area contributed by atoms with Gasteiger partial charge in [-0.3, -0.25) is 4.79 Å². The van der Waals surface area contributed by atoms with Crippen LogP contribution in [0.4, 0.5) is 0 Å². The zero-order valence-corrected chi connectivity index (χ0v) is 8.51. The number of hydrogen-bond donors (Lipinski definition) is 3. The van der Waals surface area contributed by atoms with E-state index >= 15 is 0 Å². The van der Waals surface area contributed by atoms with Gasteiger partial charge in [0.1, 0.15) is 6.10 Å². The Bertz CT molecular complexity index is 296. The van der Waals surface area contributed by atoms with E-state index in [0.717, 1.165) is 0 Å². The number of rotatable bonds is 5. The van der Waals surface area contributed by atoms with Gasteiger partial charge in [0, 0.05) is 19.0 Å². The largest absolute Gasteiger partial charge is 0.472 e. The maximum atomic E-state index is 10.6. The van der Waals surface area contributed by atoms with Crippen LogP contribution in [0.2, 0.25) is 0 Å². The molecule has 2 atom stereocenters. The van der Waals surface area contributed by atoms with Gasteiger partial charge < -0.3 is 19.9 Å². The van der Waals surface area contributed by atoms with Crippen molar-refractivity contribution in [3.8, 4) is 0 Å². The molecule has 5 heteroatoms. The molecule has 0 saturated heterocycles. The van der Waals surface area contributed by atoms with Crippen LogP contribution in [0.25, 0.3) is 0 Å². The number of amides is 1. The number of aliphatic hydroxyl groups is 2. The summed E-state index contributed by atoms with van der Waals surface area (Å²) in [5, 5.41) is 21.7. The van der Waals surface area contributed by atoms with Crippen molar-refractivity contribution in [1.29, 1.82) is 0 Å². The Morgan fingerprint density at radius 1 is 1.60 bits per heavy atom. The average Bonchev–Trinajstić information content (AvgIpc) is 2.68. The average molecular weight is 213 g/mol. The minimum absolute atomic E-state index is 0.153. The number of carbonyl (C=O) groups excluding carboxylic acids is 1. The van der Waals surface area contributed by atoms with Gasteiger partial charge in [-0.1, -0.05) is 0 Å². The van der Waals surface area contributed by atoms with Gasteiger partial charge in [-0.25, -0.2) is 0 Å². The van der Waals surface area contributed by atoms with Crippen LogP contribution in [-0.2, 0) is 4.79 Å². The van der Waals surface area contributed by atoms with Crippen molar-refractivity contribution in [3.63, 3.8) is 0 Å². The Labute approximate surface area is 87.7 Å². The number of hydrogen-bond acceptors (Lipinski definition) is 4. The van der Waals surface area contributed by atoms with E-state index in [1.54, 1.807) is 6.07 Å². The van der Waals surface area contributed by atoms with Crippen molar-refractivity contribution in [2.24, 2.45) is 0 Å². The van der Waals surface area contributed by atoms with Crippen LogP contribution in [0.15, 0.2) is 23.0 Å². The molecule has 3 N–H and O–H groups in total. The van der Waals surface area contributed by atoms with E-state index in [0.29, 0.717) is 18.5 Å². The first-order chi connectivity index (χ1) is 7.11. The van der Waals surface area contributed by atoms with Gasteiger partial charge in [-0.2, -0.15) is 0 Å². The van der Waals surface area contributed by atoms with E-state index in [1.165, 1.54) is 19.5 Å². The zero-order valence-electron chi connectivity index (χ0n) is 8.51. The summed E-state index contributed by atoms with van der Waals surface area (Å²) in [6.07, 6.45) is 1.23. The van der Waals surface area contributed by atoms with Crippen molar-refractivity contribution in [1.82, 2.24) is 5.32 Å². The molecule has 0 fully saturated rings. The molecule has 1 rings (SSSR count). The fraction of sp³-hybridized carbons (Fsp3) is 0.500. The summed E-state index contributed by atoms with van der Waals surface area (Å²) in [7, 11) is 0. The van der Waals surface area contributed by atoms with E-state index in [9.17, 15) is 15.0 Å². The van der Waals surface area contributed by atoms with E-state index in [4.69, 9.17) is 4.42 Å². The van der Waals surface area contributed by atoms with Crippen LogP contribution in [0.1, 0.15) is 25.0 Å². The molecule has 0 bridgehead atoms. The monoisotopic (exact) mass is 213 g/mol. The quantitative estimate of drug-likeness (QED) is 0.652. The Balaban J connectivity index is 2.33. The maximum Gasteiger partial charge on any atom is 0.216 e. The molecule has 0 radical (unpaired) electrons. The molecule has 0 aliphatic heterocycles. The highest BCUT2D eigenvalue weighted by atomic mass is 16.3. The molecular formula is C10H15NO4. The third-order valence-electron chi connectivity index (χ3n) is 2.06. The molecule has 1 aromatic rings. The maximum absolute atomic E-state index is 10.6. The van der Waals surface area contributed by atoms with Crippen LogP contribution >= 0.6 is 0 Å². The van der Waals surface area contributed by atoms with Crippen LogP contribution < -0.4 is 5.32 Å². The molecule has 0 spiro atoms. The summed E-state index contributed by atoms with van der Waals surface area (Å²) in [4.78, 5) is 10.6. The molecule has 15 heavy (non-hydrogen) atoms. The van der Waals surface area contributed by atoms with Gasteiger partial charge in [0.15, 0.2) is 0 Å². The van der Waals surface area contributed by atoms with E-state index in [-0.39, 0.29) is 5.91 Å². The van der Waals surface area contributed by atoms with Crippen LogP contribution in [0.3, 0.4) is 0 Å². The van der Waals surface area contributed by atoms with Crippen molar-refractivity contribution in [3.05, 3.63) is 24.2 Å². The molecule has 0 saturated carbocycles. The summed E-state index contributed by atoms with van der Waals surface area (Å²) >= 11 is 0. The predicted octanol–water partition coefficient (Wildman–Crippen LogP) is 0.200. The van der Waals surface area contributed by atoms with Crippen molar-refractivity contribution < 1.29 is 19.4 Å². The second kappa shape index (κ2) is 5.53. The number of nitrogens with one attached hydrogen (secondary N) is 1. The third kappa shape index (κ3) is 3.73. The third-order valence-corrected chi connectivity index (χ3v) is 2.06.